The normalized spacial score (nSPS) is 17.8. The van der Waals surface area contributed by atoms with Gasteiger partial charge in [0.25, 0.3) is 0 Å². The van der Waals surface area contributed by atoms with Gasteiger partial charge in [0.2, 0.25) is 0 Å². The van der Waals surface area contributed by atoms with Gasteiger partial charge in [-0.3, -0.25) is 0 Å². The van der Waals surface area contributed by atoms with Gasteiger partial charge in [-0.1, -0.05) is 92.3 Å². The molecule has 0 amide bonds. The molecule has 2 rings (SSSR count). The van der Waals surface area contributed by atoms with E-state index in [1.54, 1.807) is 0 Å². The molecule has 0 radical (unpaired) electrons. The molecule has 0 aromatic carbocycles. The minimum absolute atomic E-state index is 0.0301. The highest BCUT2D eigenvalue weighted by molar-refractivity contribution is 8.07. The smallest absolute Gasteiger partial charge is 0.212 e. The van der Waals surface area contributed by atoms with Crippen molar-refractivity contribution in [3.05, 3.63) is 81.1 Å². The van der Waals surface area contributed by atoms with Crippen molar-refractivity contribution in [2.45, 2.75) is 93.9 Å². The lowest BCUT2D eigenvalue weighted by Crippen LogP contribution is -2.16. The lowest BCUT2D eigenvalue weighted by Gasteiger charge is -2.30. The first kappa shape index (κ1) is 27.4. The zero-order valence-corrected chi connectivity index (χ0v) is 23.8. The molecule has 1 aromatic rings. The summed E-state index contributed by atoms with van der Waals surface area (Å²) < 4.78 is 6.22. The molecule has 1 aromatic heterocycles. The van der Waals surface area contributed by atoms with Gasteiger partial charge in [0.15, 0.2) is 0 Å². The molecule has 0 N–H and O–H groups in total. The Hall–Kier alpha value is -1.80. The third-order valence-corrected chi connectivity index (χ3v) is 7.02. The van der Waals surface area contributed by atoms with Crippen molar-refractivity contribution in [2.75, 3.05) is 0 Å². The number of allylic oxidation sites excluding steroid dienone is 8. The van der Waals surface area contributed by atoms with E-state index in [1.165, 1.54) is 20.9 Å². The van der Waals surface area contributed by atoms with Crippen LogP contribution in [-0.4, -0.2) is 0 Å². The molecule has 0 atom stereocenters. The molecule has 2 heterocycles. The second-order valence-electron chi connectivity index (χ2n) is 13.1. The van der Waals surface area contributed by atoms with Crippen molar-refractivity contribution < 1.29 is 4.42 Å². The Balaban J connectivity index is 2.29. The van der Waals surface area contributed by atoms with Crippen molar-refractivity contribution in [3.63, 3.8) is 0 Å². The van der Waals surface area contributed by atoms with Crippen LogP contribution in [0.5, 0.6) is 0 Å². The van der Waals surface area contributed by atoms with Gasteiger partial charge < -0.3 is 0 Å². The molecule has 0 saturated carbocycles. The Morgan fingerprint density at radius 3 is 1.82 bits per heavy atom. The molecule has 33 heavy (non-hydrogen) atoms. The largest absolute Gasteiger partial charge is 0.353 e. The van der Waals surface area contributed by atoms with Gasteiger partial charge in [-0.15, -0.1) is 0 Å². The lowest BCUT2D eigenvalue weighted by atomic mass is 9.83. The average Bonchev–Trinajstić information content (AvgIpc) is 2.64. The molecule has 0 bridgehead atoms. The number of hydrogen-bond donors (Lipinski definition) is 0. The number of thioether (sulfide) groups is 1. The van der Waals surface area contributed by atoms with E-state index < -0.39 is 0 Å². The zero-order valence-electron chi connectivity index (χ0n) is 23.0. The van der Waals surface area contributed by atoms with Crippen LogP contribution in [0.3, 0.4) is 0 Å². The van der Waals surface area contributed by atoms with Crippen molar-refractivity contribution >= 4 is 17.8 Å². The summed E-state index contributed by atoms with van der Waals surface area (Å²) in [7, 11) is 0. The predicted octanol–water partition coefficient (Wildman–Crippen LogP) is 10.3. The summed E-state index contributed by atoms with van der Waals surface area (Å²) in [6, 6.07) is 4.37. The maximum Gasteiger partial charge on any atom is 0.353 e. The maximum atomic E-state index is 6.22. The van der Waals surface area contributed by atoms with E-state index in [1.807, 2.05) is 11.8 Å². The van der Waals surface area contributed by atoms with E-state index in [2.05, 4.69) is 138 Å². The Kier molecular flexibility index (Phi) is 8.17. The second kappa shape index (κ2) is 9.82. The summed E-state index contributed by atoms with van der Waals surface area (Å²) >= 11 is 1.87. The second-order valence-corrected chi connectivity index (χ2v) is 14.3. The quantitative estimate of drug-likeness (QED) is 0.325. The predicted molar refractivity (Wildman–Crippen MR) is 149 cm³/mol. The summed E-state index contributed by atoms with van der Waals surface area (Å²) in [5.41, 5.74) is 3.00. The molecular weight excluding hydrogens is 420 g/mol. The van der Waals surface area contributed by atoms with Gasteiger partial charge in [0, 0.05) is 23.1 Å². The Bertz CT molecular complexity index is 969. The molecule has 1 aliphatic heterocycles. The maximum absolute atomic E-state index is 6.22. The van der Waals surface area contributed by atoms with Crippen LogP contribution in [-0.2, 0) is 10.8 Å². The van der Waals surface area contributed by atoms with Gasteiger partial charge >= 0.3 is 11.5 Å². The van der Waals surface area contributed by atoms with E-state index in [-0.39, 0.29) is 21.7 Å². The molecule has 1 aliphatic rings. The van der Waals surface area contributed by atoms with Crippen molar-refractivity contribution in [2.24, 2.45) is 10.8 Å². The van der Waals surface area contributed by atoms with Gasteiger partial charge in [-0.05, 0) is 71.3 Å². The number of rotatable bonds is 3. The van der Waals surface area contributed by atoms with Gasteiger partial charge in [0.1, 0.15) is 0 Å². The first-order valence-corrected chi connectivity index (χ1v) is 12.9. The fourth-order valence-corrected chi connectivity index (χ4v) is 4.26. The first-order valence-electron chi connectivity index (χ1n) is 12.0. The van der Waals surface area contributed by atoms with Crippen molar-refractivity contribution in [3.8, 4) is 0 Å². The minimum Gasteiger partial charge on any atom is -0.212 e. The van der Waals surface area contributed by atoms with Crippen LogP contribution in [0.15, 0.2) is 68.4 Å². The molecule has 1 nitrogen and oxygen atoms in total. The van der Waals surface area contributed by atoms with Crippen LogP contribution >= 0.6 is 11.8 Å². The SMILES string of the molecule is CC(C)(C)C1=C\C(=C/C=C/C=C/c2cc(C(C)(C)C)cc(C(C)(C)C)[o+]2)SC(C(C)(C)C)=C1. The fraction of sp³-hybridized carbons (Fsp3) is 0.516. The van der Waals surface area contributed by atoms with E-state index in [0.717, 1.165) is 11.5 Å². The Labute approximate surface area is 207 Å². The van der Waals surface area contributed by atoms with Crippen molar-refractivity contribution in [1.29, 1.82) is 0 Å². The van der Waals surface area contributed by atoms with Crippen LogP contribution < -0.4 is 0 Å². The monoisotopic (exact) mass is 465 g/mol. The highest BCUT2D eigenvalue weighted by atomic mass is 32.2. The third kappa shape index (κ3) is 8.18. The van der Waals surface area contributed by atoms with Crippen LogP contribution in [0.1, 0.15) is 100 Å². The molecule has 0 spiro atoms. The molecule has 180 valence electrons. The summed E-state index contributed by atoms with van der Waals surface area (Å²) in [6.07, 6.45) is 15.3. The van der Waals surface area contributed by atoms with Gasteiger partial charge in [-0.25, -0.2) is 4.42 Å². The number of hydrogen-bond acceptors (Lipinski definition) is 1. The topological polar surface area (TPSA) is 11.3 Å². The molecule has 0 aliphatic carbocycles. The molecule has 0 unspecified atom stereocenters. The lowest BCUT2D eigenvalue weighted by molar-refractivity contribution is 0.387. The molecular formula is C31H45OS+. The fourth-order valence-electron chi connectivity index (χ4n) is 3.18. The van der Waals surface area contributed by atoms with E-state index in [4.69, 9.17) is 4.42 Å². The summed E-state index contributed by atoms with van der Waals surface area (Å²) in [4.78, 5) is 2.70. The van der Waals surface area contributed by atoms with Crippen molar-refractivity contribution in [1.82, 2.24) is 0 Å². The first-order chi connectivity index (χ1) is 14.9. The standard InChI is InChI=1S/C31H45OS/c1-28(2,3)22-18-24(32-26(20-22)30(7,8)9)16-14-13-15-17-25-19-23(29(4,5)6)21-27(33-25)31(10,11)12/h13-21H,1-12H3/q+1/b15-13+,16-14+,25-17+. The highest BCUT2D eigenvalue weighted by Gasteiger charge is 2.30. The van der Waals surface area contributed by atoms with Crippen LogP contribution in [0, 0.1) is 10.8 Å². The van der Waals surface area contributed by atoms with E-state index in [9.17, 15) is 0 Å². The van der Waals surface area contributed by atoms with E-state index in [0.29, 0.717) is 0 Å². The summed E-state index contributed by atoms with van der Waals surface area (Å²) in [5, 5.41) is 0. The molecule has 0 saturated heterocycles. The Morgan fingerprint density at radius 1 is 0.667 bits per heavy atom. The van der Waals surface area contributed by atoms with Crippen LogP contribution in [0.2, 0.25) is 0 Å². The Morgan fingerprint density at radius 2 is 1.30 bits per heavy atom. The zero-order chi connectivity index (χ0) is 25.2. The van der Waals surface area contributed by atoms with Crippen LogP contribution in [0.25, 0.3) is 6.08 Å². The summed E-state index contributed by atoms with van der Waals surface area (Å²) in [5.74, 6) is 1.91. The molecule has 0 fully saturated rings. The molecule has 2 heteroatoms. The third-order valence-electron chi connectivity index (χ3n) is 5.58. The minimum atomic E-state index is -0.0301. The van der Waals surface area contributed by atoms with Gasteiger partial charge in [0.05, 0.1) is 5.41 Å². The van der Waals surface area contributed by atoms with Crippen LogP contribution in [0.4, 0.5) is 0 Å². The van der Waals surface area contributed by atoms with Gasteiger partial charge in [-0.2, -0.15) is 0 Å². The highest BCUT2D eigenvalue weighted by Crippen LogP contribution is 2.46. The summed E-state index contributed by atoms with van der Waals surface area (Å²) in [6.45, 7) is 27.0. The van der Waals surface area contributed by atoms with E-state index >= 15 is 0 Å². The average molecular weight is 466 g/mol.